The molecule has 0 aromatic heterocycles. The molecule has 0 spiro atoms. The van der Waals surface area contributed by atoms with Crippen molar-refractivity contribution in [3.63, 3.8) is 0 Å². The van der Waals surface area contributed by atoms with Gasteiger partial charge in [-0.05, 0) is 26.2 Å². The molecule has 110 valence electrons. The molecule has 1 fully saturated rings. The highest BCUT2D eigenvalue weighted by Crippen LogP contribution is 2.25. The molecule has 0 saturated carbocycles. The van der Waals surface area contributed by atoms with Gasteiger partial charge in [0.2, 0.25) is 0 Å². The number of hydrogen-bond acceptors (Lipinski definition) is 3. The van der Waals surface area contributed by atoms with Crippen molar-refractivity contribution in [2.24, 2.45) is 0 Å². The Labute approximate surface area is 117 Å². The fourth-order valence-electron chi connectivity index (χ4n) is 2.39. The van der Waals surface area contributed by atoms with E-state index in [4.69, 9.17) is 9.47 Å². The first-order chi connectivity index (χ1) is 9.29. The summed E-state index contributed by atoms with van der Waals surface area (Å²) in [5.74, 6) is 0.708. The van der Waals surface area contributed by atoms with E-state index in [1.54, 1.807) is 0 Å². The predicted molar refractivity (Wildman–Crippen MR) is 76.8 cm³/mol. The first-order valence-corrected chi connectivity index (χ1v) is 7.81. The minimum atomic E-state index is -0.173. The van der Waals surface area contributed by atoms with Gasteiger partial charge < -0.3 is 9.47 Å². The number of carbonyl (C=O) groups is 1. The Morgan fingerprint density at radius 2 is 1.89 bits per heavy atom. The van der Waals surface area contributed by atoms with Crippen LogP contribution in [0.3, 0.4) is 0 Å². The SMILES string of the molecule is CCCCCCCC/C(C(=O)OCC)=C1\CCCO1. The average Bonchev–Trinajstić information content (AvgIpc) is 2.92. The second kappa shape index (κ2) is 9.88. The van der Waals surface area contributed by atoms with E-state index in [1.165, 1.54) is 32.1 Å². The largest absolute Gasteiger partial charge is 0.497 e. The van der Waals surface area contributed by atoms with Gasteiger partial charge in [-0.3, -0.25) is 0 Å². The maximum Gasteiger partial charge on any atom is 0.337 e. The molecule has 0 aromatic carbocycles. The Morgan fingerprint density at radius 1 is 1.16 bits per heavy atom. The molecular weight excluding hydrogens is 240 g/mol. The molecule has 0 N–H and O–H groups in total. The Morgan fingerprint density at radius 3 is 2.53 bits per heavy atom. The normalized spacial score (nSPS) is 17.2. The molecule has 0 bridgehead atoms. The molecule has 1 saturated heterocycles. The highest BCUT2D eigenvalue weighted by atomic mass is 16.5. The number of allylic oxidation sites excluding steroid dienone is 1. The number of esters is 1. The van der Waals surface area contributed by atoms with Crippen LogP contribution in [-0.2, 0) is 14.3 Å². The summed E-state index contributed by atoms with van der Waals surface area (Å²) in [5.41, 5.74) is 0.787. The van der Waals surface area contributed by atoms with E-state index in [-0.39, 0.29) is 5.97 Å². The van der Waals surface area contributed by atoms with E-state index in [2.05, 4.69) is 6.92 Å². The average molecular weight is 268 g/mol. The molecular formula is C16H28O3. The molecule has 3 nitrogen and oxygen atoms in total. The van der Waals surface area contributed by atoms with Crippen LogP contribution >= 0.6 is 0 Å². The molecule has 0 amide bonds. The number of carbonyl (C=O) groups excluding carboxylic acids is 1. The number of hydrogen-bond donors (Lipinski definition) is 0. The molecule has 3 heteroatoms. The predicted octanol–water partition coefficient (Wildman–Crippen LogP) is 4.36. The van der Waals surface area contributed by atoms with Crippen molar-refractivity contribution >= 4 is 5.97 Å². The van der Waals surface area contributed by atoms with E-state index < -0.39 is 0 Å². The maximum atomic E-state index is 11.9. The molecule has 0 unspecified atom stereocenters. The van der Waals surface area contributed by atoms with Gasteiger partial charge in [-0.25, -0.2) is 4.79 Å². The molecule has 0 aliphatic carbocycles. The molecule has 0 atom stereocenters. The van der Waals surface area contributed by atoms with Gasteiger partial charge in [0, 0.05) is 6.42 Å². The Bertz CT molecular complexity index is 286. The number of ether oxygens (including phenoxy) is 2. The smallest absolute Gasteiger partial charge is 0.337 e. The minimum Gasteiger partial charge on any atom is -0.497 e. The zero-order valence-corrected chi connectivity index (χ0v) is 12.5. The van der Waals surface area contributed by atoms with Crippen LogP contribution in [0.2, 0.25) is 0 Å². The van der Waals surface area contributed by atoms with Gasteiger partial charge in [0.25, 0.3) is 0 Å². The molecule has 1 aliphatic heterocycles. The van der Waals surface area contributed by atoms with Crippen LogP contribution in [-0.4, -0.2) is 19.2 Å². The summed E-state index contributed by atoms with van der Waals surface area (Å²) in [6.45, 7) is 5.25. The van der Waals surface area contributed by atoms with Crippen molar-refractivity contribution in [3.05, 3.63) is 11.3 Å². The molecule has 1 heterocycles. The van der Waals surface area contributed by atoms with Crippen molar-refractivity contribution in [1.29, 1.82) is 0 Å². The summed E-state index contributed by atoms with van der Waals surface area (Å²) in [5, 5.41) is 0. The van der Waals surface area contributed by atoms with Crippen LogP contribution in [0.5, 0.6) is 0 Å². The Kier molecular flexibility index (Phi) is 8.35. The molecule has 1 aliphatic rings. The number of rotatable bonds is 9. The maximum absolute atomic E-state index is 11.9. The highest BCUT2D eigenvalue weighted by molar-refractivity contribution is 5.89. The zero-order valence-electron chi connectivity index (χ0n) is 12.5. The van der Waals surface area contributed by atoms with Crippen LogP contribution in [0.25, 0.3) is 0 Å². The molecule has 19 heavy (non-hydrogen) atoms. The number of unbranched alkanes of at least 4 members (excludes halogenated alkanes) is 5. The third-order valence-corrected chi connectivity index (χ3v) is 3.46. The lowest BCUT2D eigenvalue weighted by molar-refractivity contribution is -0.139. The standard InChI is InChI=1S/C16H28O3/c1-3-5-6-7-8-9-11-14(16(17)18-4-2)15-12-10-13-19-15/h3-13H2,1-2H3/b15-14-. The van der Waals surface area contributed by atoms with Crippen molar-refractivity contribution < 1.29 is 14.3 Å². The van der Waals surface area contributed by atoms with Gasteiger partial charge in [-0.15, -0.1) is 0 Å². The Balaban J connectivity index is 2.38. The van der Waals surface area contributed by atoms with Gasteiger partial charge in [-0.1, -0.05) is 39.0 Å². The fraction of sp³-hybridized carbons (Fsp3) is 0.812. The van der Waals surface area contributed by atoms with E-state index in [1.807, 2.05) is 6.92 Å². The summed E-state index contributed by atoms with van der Waals surface area (Å²) < 4.78 is 10.7. The van der Waals surface area contributed by atoms with Crippen molar-refractivity contribution in [2.45, 2.75) is 71.6 Å². The quantitative estimate of drug-likeness (QED) is 0.354. The highest BCUT2D eigenvalue weighted by Gasteiger charge is 2.20. The summed E-state index contributed by atoms with van der Waals surface area (Å²) in [4.78, 5) is 11.9. The van der Waals surface area contributed by atoms with Gasteiger partial charge in [0.05, 0.1) is 18.8 Å². The topological polar surface area (TPSA) is 35.5 Å². The lowest BCUT2D eigenvalue weighted by Crippen LogP contribution is -2.10. The van der Waals surface area contributed by atoms with Crippen LogP contribution in [0, 0.1) is 0 Å². The van der Waals surface area contributed by atoms with Crippen molar-refractivity contribution in [3.8, 4) is 0 Å². The van der Waals surface area contributed by atoms with E-state index >= 15 is 0 Å². The first kappa shape index (κ1) is 16.1. The van der Waals surface area contributed by atoms with Gasteiger partial charge >= 0.3 is 5.97 Å². The third kappa shape index (κ3) is 6.13. The van der Waals surface area contributed by atoms with Gasteiger partial charge in [0.15, 0.2) is 0 Å². The van der Waals surface area contributed by atoms with Crippen LogP contribution in [0.1, 0.15) is 71.6 Å². The van der Waals surface area contributed by atoms with Crippen LogP contribution in [0.15, 0.2) is 11.3 Å². The van der Waals surface area contributed by atoms with Gasteiger partial charge in [0.1, 0.15) is 5.76 Å². The summed E-state index contributed by atoms with van der Waals surface area (Å²) in [6.07, 6.45) is 10.1. The van der Waals surface area contributed by atoms with E-state index in [0.29, 0.717) is 6.61 Å². The van der Waals surface area contributed by atoms with Crippen molar-refractivity contribution in [1.82, 2.24) is 0 Å². The van der Waals surface area contributed by atoms with E-state index in [0.717, 1.165) is 43.6 Å². The summed E-state index contributed by atoms with van der Waals surface area (Å²) in [7, 11) is 0. The van der Waals surface area contributed by atoms with Gasteiger partial charge in [-0.2, -0.15) is 0 Å². The summed E-state index contributed by atoms with van der Waals surface area (Å²) >= 11 is 0. The monoisotopic (exact) mass is 268 g/mol. The fourth-order valence-corrected chi connectivity index (χ4v) is 2.39. The lowest BCUT2D eigenvalue weighted by Gasteiger charge is -2.10. The Hall–Kier alpha value is -0.990. The third-order valence-electron chi connectivity index (χ3n) is 3.46. The van der Waals surface area contributed by atoms with Crippen LogP contribution in [0.4, 0.5) is 0 Å². The second-order valence-electron chi connectivity index (χ2n) is 5.09. The zero-order chi connectivity index (χ0) is 13.9. The minimum absolute atomic E-state index is 0.173. The molecule has 1 rings (SSSR count). The summed E-state index contributed by atoms with van der Waals surface area (Å²) in [6, 6.07) is 0. The first-order valence-electron chi connectivity index (χ1n) is 7.81. The van der Waals surface area contributed by atoms with E-state index in [9.17, 15) is 4.79 Å². The van der Waals surface area contributed by atoms with Crippen LogP contribution < -0.4 is 0 Å². The lowest BCUT2D eigenvalue weighted by atomic mass is 10.0. The molecule has 0 radical (unpaired) electrons. The van der Waals surface area contributed by atoms with Crippen molar-refractivity contribution in [2.75, 3.05) is 13.2 Å². The molecule has 0 aromatic rings. The second-order valence-corrected chi connectivity index (χ2v) is 5.09.